The Morgan fingerprint density at radius 3 is 2.25 bits per heavy atom. The summed E-state index contributed by atoms with van der Waals surface area (Å²) < 4.78 is 51.0. The van der Waals surface area contributed by atoms with Crippen molar-refractivity contribution in [2.45, 2.75) is 43.9 Å². The van der Waals surface area contributed by atoms with E-state index in [-0.39, 0.29) is 18.4 Å². The van der Waals surface area contributed by atoms with Gasteiger partial charge in [-0.1, -0.05) is 36.4 Å². The number of halogens is 4. The van der Waals surface area contributed by atoms with Crippen LogP contribution in [0.25, 0.3) is 11.1 Å². The average Bonchev–Trinajstić information content (AvgIpc) is 3.46. The smallest absolute Gasteiger partial charge is 0.397 e. The first-order chi connectivity index (χ1) is 14.9. The number of carboxylic acid groups (broad SMARTS) is 1. The van der Waals surface area contributed by atoms with E-state index in [9.17, 15) is 37.1 Å². The molecule has 10 heteroatoms. The van der Waals surface area contributed by atoms with Crippen LogP contribution in [0.5, 0.6) is 0 Å². The highest BCUT2D eigenvalue weighted by Gasteiger charge is 2.52. The molecule has 0 unspecified atom stereocenters. The number of nitrogens with one attached hydrogen (secondary N) is 2. The van der Waals surface area contributed by atoms with Gasteiger partial charge in [0.1, 0.15) is 23.3 Å². The monoisotopic (exact) mass is 452 g/mol. The van der Waals surface area contributed by atoms with Gasteiger partial charge >= 0.3 is 12.1 Å². The van der Waals surface area contributed by atoms with Crippen molar-refractivity contribution in [3.63, 3.8) is 0 Å². The van der Waals surface area contributed by atoms with E-state index < -0.39 is 53.3 Å². The molecule has 0 bridgehead atoms. The van der Waals surface area contributed by atoms with E-state index in [1.807, 2.05) is 0 Å². The first-order valence-corrected chi connectivity index (χ1v) is 9.73. The zero-order valence-corrected chi connectivity index (χ0v) is 16.9. The molecule has 1 fully saturated rings. The van der Waals surface area contributed by atoms with Gasteiger partial charge in [0, 0.05) is 0 Å². The second-order valence-electron chi connectivity index (χ2n) is 7.71. The SMILES string of the molecule is C[C@@H](NC(=O)C1(NC(=O)CC(F)(F)F)CC1)c1ccc(-c2cccc(F)c2C(=O)O)cc1. The second-order valence-corrected chi connectivity index (χ2v) is 7.71. The van der Waals surface area contributed by atoms with Gasteiger partial charge in [0.25, 0.3) is 0 Å². The van der Waals surface area contributed by atoms with Crippen molar-refractivity contribution in [1.29, 1.82) is 0 Å². The van der Waals surface area contributed by atoms with Gasteiger partial charge in [-0.3, -0.25) is 9.59 Å². The van der Waals surface area contributed by atoms with Crippen molar-refractivity contribution in [3.05, 3.63) is 59.4 Å². The summed E-state index contributed by atoms with van der Waals surface area (Å²) in [7, 11) is 0. The molecule has 1 aliphatic carbocycles. The van der Waals surface area contributed by atoms with Crippen LogP contribution >= 0.6 is 0 Å². The molecular formula is C22H20F4N2O4. The molecule has 3 rings (SSSR count). The van der Waals surface area contributed by atoms with Gasteiger partial charge in [0.2, 0.25) is 11.8 Å². The zero-order valence-electron chi connectivity index (χ0n) is 16.9. The van der Waals surface area contributed by atoms with E-state index in [0.29, 0.717) is 11.1 Å². The van der Waals surface area contributed by atoms with E-state index >= 15 is 0 Å². The Kier molecular flexibility index (Phi) is 6.25. The number of benzene rings is 2. The first-order valence-electron chi connectivity index (χ1n) is 9.73. The summed E-state index contributed by atoms with van der Waals surface area (Å²) in [6.07, 6.45) is -5.83. The lowest BCUT2D eigenvalue weighted by Crippen LogP contribution is -2.50. The highest BCUT2D eigenvalue weighted by molar-refractivity contribution is 5.96. The molecular weight excluding hydrogens is 432 g/mol. The van der Waals surface area contributed by atoms with Crippen LogP contribution in [0.3, 0.4) is 0 Å². The fourth-order valence-corrected chi connectivity index (χ4v) is 3.38. The number of hydrogen-bond acceptors (Lipinski definition) is 3. The van der Waals surface area contributed by atoms with Gasteiger partial charge < -0.3 is 15.7 Å². The number of carbonyl (C=O) groups is 3. The molecule has 1 atom stereocenters. The molecule has 6 nitrogen and oxygen atoms in total. The summed E-state index contributed by atoms with van der Waals surface area (Å²) in [5, 5.41) is 14.1. The topological polar surface area (TPSA) is 95.5 Å². The van der Waals surface area contributed by atoms with Crippen LogP contribution in [0.2, 0.25) is 0 Å². The lowest BCUT2D eigenvalue weighted by atomic mass is 9.97. The van der Waals surface area contributed by atoms with Crippen LogP contribution in [0, 0.1) is 5.82 Å². The van der Waals surface area contributed by atoms with E-state index in [1.165, 1.54) is 12.1 Å². The highest BCUT2D eigenvalue weighted by Crippen LogP contribution is 2.37. The van der Waals surface area contributed by atoms with Gasteiger partial charge in [-0.15, -0.1) is 0 Å². The molecule has 0 radical (unpaired) electrons. The number of rotatable bonds is 7. The van der Waals surface area contributed by atoms with Crippen LogP contribution in [0.1, 0.15) is 48.1 Å². The van der Waals surface area contributed by atoms with E-state index in [1.54, 1.807) is 31.2 Å². The number of aromatic carboxylic acids is 1. The Hall–Kier alpha value is -3.43. The van der Waals surface area contributed by atoms with E-state index in [0.717, 1.165) is 6.07 Å². The Labute approximate surface area is 180 Å². The summed E-state index contributed by atoms with van der Waals surface area (Å²) in [4.78, 5) is 35.5. The number of hydrogen-bond donors (Lipinski definition) is 3. The normalized spacial score (nSPS) is 15.5. The fourth-order valence-electron chi connectivity index (χ4n) is 3.38. The van der Waals surface area contributed by atoms with E-state index in [2.05, 4.69) is 10.6 Å². The maximum atomic E-state index is 13.9. The highest BCUT2D eigenvalue weighted by atomic mass is 19.4. The largest absolute Gasteiger partial charge is 0.478 e. The molecule has 3 N–H and O–H groups in total. The Balaban J connectivity index is 1.69. The molecule has 170 valence electrons. The molecule has 2 aromatic rings. The fraction of sp³-hybridized carbons (Fsp3) is 0.318. The van der Waals surface area contributed by atoms with Gasteiger partial charge in [0.15, 0.2) is 0 Å². The van der Waals surface area contributed by atoms with Crippen molar-refractivity contribution in [2.75, 3.05) is 0 Å². The predicted octanol–water partition coefficient (Wildman–Crippen LogP) is 3.97. The quantitative estimate of drug-likeness (QED) is 0.554. The maximum Gasteiger partial charge on any atom is 0.397 e. The Morgan fingerprint density at radius 2 is 1.72 bits per heavy atom. The van der Waals surface area contributed by atoms with Gasteiger partial charge in [0.05, 0.1) is 6.04 Å². The van der Waals surface area contributed by atoms with E-state index in [4.69, 9.17) is 0 Å². The summed E-state index contributed by atoms with van der Waals surface area (Å²) in [6, 6.07) is 9.80. The van der Waals surface area contributed by atoms with Crippen LogP contribution < -0.4 is 10.6 Å². The molecule has 0 heterocycles. The summed E-state index contributed by atoms with van der Waals surface area (Å²) >= 11 is 0. The van der Waals surface area contributed by atoms with Gasteiger partial charge in [-0.05, 0) is 42.5 Å². The molecule has 0 saturated heterocycles. The summed E-state index contributed by atoms with van der Waals surface area (Å²) in [6.45, 7) is 1.66. The van der Waals surface area contributed by atoms with Crippen molar-refractivity contribution >= 4 is 17.8 Å². The third kappa shape index (κ3) is 5.24. The lowest BCUT2D eigenvalue weighted by Gasteiger charge is -2.21. The minimum atomic E-state index is -4.66. The molecule has 0 aliphatic heterocycles. The number of amides is 2. The van der Waals surface area contributed by atoms with Crippen molar-refractivity contribution < 1.29 is 37.1 Å². The lowest BCUT2D eigenvalue weighted by molar-refractivity contribution is -0.155. The third-order valence-electron chi connectivity index (χ3n) is 5.22. The minimum Gasteiger partial charge on any atom is -0.478 e. The zero-order chi connectivity index (χ0) is 23.7. The van der Waals surface area contributed by atoms with Gasteiger partial charge in [-0.25, -0.2) is 9.18 Å². The Bertz CT molecular complexity index is 1050. The molecule has 0 spiro atoms. The van der Waals surface area contributed by atoms with Crippen molar-refractivity contribution in [3.8, 4) is 11.1 Å². The van der Waals surface area contributed by atoms with Crippen molar-refractivity contribution in [2.24, 2.45) is 0 Å². The third-order valence-corrected chi connectivity index (χ3v) is 5.22. The van der Waals surface area contributed by atoms with Crippen molar-refractivity contribution in [1.82, 2.24) is 10.6 Å². The van der Waals surface area contributed by atoms with Crippen LogP contribution in [-0.4, -0.2) is 34.6 Å². The molecule has 2 amide bonds. The van der Waals surface area contributed by atoms with Crippen LogP contribution in [-0.2, 0) is 9.59 Å². The van der Waals surface area contributed by atoms with Crippen LogP contribution in [0.15, 0.2) is 42.5 Å². The number of alkyl halides is 3. The second kappa shape index (κ2) is 8.60. The standard InChI is InChI=1S/C22H20F4N2O4/c1-12(27-20(32)21(9-10-21)28-17(29)11-22(24,25)26)13-5-7-14(8-6-13)15-3-2-4-16(23)18(15)19(30)31/h2-8,12H,9-11H2,1H3,(H,27,32)(H,28,29)(H,30,31)/t12-/m1/s1. The van der Waals surface area contributed by atoms with Gasteiger partial charge in [-0.2, -0.15) is 13.2 Å². The molecule has 0 aromatic heterocycles. The first kappa shape index (κ1) is 23.2. The van der Waals surface area contributed by atoms with Crippen LogP contribution in [0.4, 0.5) is 17.6 Å². The Morgan fingerprint density at radius 1 is 1.09 bits per heavy atom. The number of carboxylic acids is 1. The molecule has 1 saturated carbocycles. The maximum absolute atomic E-state index is 13.9. The number of carbonyl (C=O) groups excluding carboxylic acids is 2. The summed E-state index contributed by atoms with van der Waals surface area (Å²) in [5.41, 5.74) is -0.499. The molecule has 32 heavy (non-hydrogen) atoms. The predicted molar refractivity (Wildman–Crippen MR) is 106 cm³/mol. The summed E-state index contributed by atoms with van der Waals surface area (Å²) in [5.74, 6) is -4.10. The molecule has 1 aliphatic rings. The average molecular weight is 452 g/mol. The molecule has 2 aromatic carbocycles. The minimum absolute atomic E-state index is 0.199.